The van der Waals surface area contributed by atoms with Crippen LogP contribution < -0.4 is 0 Å². The van der Waals surface area contributed by atoms with Gasteiger partial charge < -0.3 is 9.52 Å². The van der Waals surface area contributed by atoms with Crippen LogP contribution >= 0.6 is 0 Å². The number of benzene rings is 3. The highest BCUT2D eigenvalue weighted by Gasteiger charge is 2.18. The molecule has 1 heterocycles. The number of aryl methyl sites for hydroxylation is 2. The monoisotopic (exact) mass is 358 g/mol. The Bertz CT molecular complexity index is 1050. The summed E-state index contributed by atoms with van der Waals surface area (Å²) in [7, 11) is 0. The molecule has 4 aromatic rings. The molecule has 1 N–H and O–H groups in total. The van der Waals surface area contributed by atoms with Crippen LogP contribution in [0.25, 0.3) is 21.5 Å². The van der Waals surface area contributed by atoms with E-state index in [-0.39, 0.29) is 0 Å². The zero-order valence-electron chi connectivity index (χ0n) is 16.0. The summed E-state index contributed by atoms with van der Waals surface area (Å²) < 4.78 is 4.95. The predicted molar refractivity (Wildman–Crippen MR) is 112 cm³/mol. The van der Waals surface area contributed by atoms with Crippen molar-refractivity contribution in [1.29, 1.82) is 0 Å². The zero-order chi connectivity index (χ0) is 18.9. The van der Waals surface area contributed by atoms with Gasteiger partial charge in [-0.3, -0.25) is 0 Å². The van der Waals surface area contributed by atoms with Gasteiger partial charge >= 0.3 is 0 Å². The first-order valence-electron chi connectivity index (χ1n) is 9.72. The van der Waals surface area contributed by atoms with Crippen molar-refractivity contribution in [3.8, 4) is 0 Å². The van der Waals surface area contributed by atoms with E-state index in [0.717, 1.165) is 0 Å². The first-order chi connectivity index (χ1) is 13.0. The fraction of sp³-hybridized carbons (Fsp3) is 0.280. The standard InChI is InChI=1S/C18H16.C7H10O2/c1-3-7-15-13(5-1)9-11-18-16-8-4-2-6-14(16)10-12-17(15)18;1-7(2,8)6-4-3-5-9-6/h1,3,5,7,9-12H,2,4,6,8H2;3-5,8H,1-2H3. The molecule has 5 rings (SSSR count). The third kappa shape index (κ3) is 3.63. The van der Waals surface area contributed by atoms with Crippen LogP contribution in [0, 0.1) is 0 Å². The Kier molecular flexibility index (Phi) is 4.75. The topological polar surface area (TPSA) is 33.4 Å². The van der Waals surface area contributed by atoms with Crippen LogP contribution in [0.3, 0.4) is 0 Å². The summed E-state index contributed by atoms with van der Waals surface area (Å²) >= 11 is 0. The SMILES string of the molecule is CC(C)(O)c1ccco1.c1ccc2c(c1)ccc1c3c(ccc12)CCCC3. The smallest absolute Gasteiger partial charge is 0.134 e. The number of hydrogen-bond acceptors (Lipinski definition) is 2. The molecule has 0 fully saturated rings. The third-order valence-corrected chi connectivity index (χ3v) is 5.38. The Labute approximate surface area is 160 Å². The molecule has 0 radical (unpaired) electrons. The largest absolute Gasteiger partial charge is 0.466 e. The maximum absolute atomic E-state index is 9.28. The van der Waals surface area contributed by atoms with Crippen molar-refractivity contribution in [1.82, 2.24) is 0 Å². The molecule has 2 nitrogen and oxygen atoms in total. The Balaban J connectivity index is 0.000000170. The van der Waals surface area contributed by atoms with Crippen LogP contribution in [0.4, 0.5) is 0 Å². The second kappa shape index (κ2) is 7.21. The van der Waals surface area contributed by atoms with E-state index in [2.05, 4.69) is 48.5 Å². The highest BCUT2D eigenvalue weighted by Crippen LogP contribution is 2.33. The van der Waals surface area contributed by atoms with Crippen LogP contribution in [0.1, 0.15) is 43.6 Å². The number of fused-ring (bicyclic) bond motifs is 5. The normalized spacial score (nSPS) is 13.9. The van der Waals surface area contributed by atoms with Crippen molar-refractivity contribution in [3.63, 3.8) is 0 Å². The van der Waals surface area contributed by atoms with Gasteiger partial charge in [0.05, 0.1) is 6.26 Å². The lowest BCUT2D eigenvalue weighted by molar-refractivity contribution is 0.0541. The fourth-order valence-corrected chi connectivity index (χ4v) is 3.97. The first-order valence-corrected chi connectivity index (χ1v) is 9.72. The second-order valence-corrected chi connectivity index (χ2v) is 7.83. The molecular weight excluding hydrogens is 332 g/mol. The Hall–Kier alpha value is -2.58. The predicted octanol–water partition coefficient (Wildman–Crippen LogP) is 6.38. The number of rotatable bonds is 1. The van der Waals surface area contributed by atoms with E-state index in [1.807, 2.05) is 0 Å². The van der Waals surface area contributed by atoms with Gasteiger partial charge in [-0.25, -0.2) is 0 Å². The molecule has 138 valence electrons. The van der Waals surface area contributed by atoms with Gasteiger partial charge in [0.1, 0.15) is 11.4 Å². The van der Waals surface area contributed by atoms with Gasteiger partial charge in [-0.2, -0.15) is 0 Å². The first kappa shape index (κ1) is 17.8. The number of furan rings is 1. The number of hydrogen-bond donors (Lipinski definition) is 1. The van der Waals surface area contributed by atoms with Gasteiger partial charge in [-0.05, 0) is 84.3 Å². The minimum atomic E-state index is -0.844. The van der Waals surface area contributed by atoms with E-state index in [1.165, 1.54) is 47.2 Å². The van der Waals surface area contributed by atoms with Gasteiger partial charge in [0.25, 0.3) is 0 Å². The summed E-state index contributed by atoms with van der Waals surface area (Å²) in [6, 6.07) is 21.5. The molecule has 0 atom stereocenters. The highest BCUT2D eigenvalue weighted by molar-refractivity contribution is 6.08. The molecule has 0 unspecified atom stereocenters. The summed E-state index contributed by atoms with van der Waals surface area (Å²) in [6.45, 7) is 3.37. The minimum absolute atomic E-state index is 0.600. The lowest BCUT2D eigenvalue weighted by Gasteiger charge is -2.18. The summed E-state index contributed by atoms with van der Waals surface area (Å²) in [6.07, 6.45) is 6.77. The van der Waals surface area contributed by atoms with E-state index < -0.39 is 5.60 Å². The van der Waals surface area contributed by atoms with Crippen molar-refractivity contribution >= 4 is 21.5 Å². The van der Waals surface area contributed by atoms with Gasteiger partial charge in [0.2, 0.25) is 0 Å². The maximum atomic E-state index is 9.28. The average molecular weight is 358 g/mol. The van der Waals surface area contributed by atoms with Crippen LogP contribution in [0.15, 0.2) is 71.3 Å². The van der Waals surface area contributed by atoms with Gasteiger partial charge in [0, 0.05) is 0 Å². The summed E-state index contributed by atoms with van der Waals surface area (Å²) in [5.41, 5.74) is 2.33. The third-order valence-electron chi connectivity index (χ3n) is 5.38. The molecule has 0 saturated heterocycles. The van der Waals surface area contributed by atoms with Crippen molar-refractivity contribution in [2.75, 3.05) is 0 Å². The van der Waals surface area contributed by atoms with Crippen molar-refractivity contribution in [3.05, 3.63) is 83.8 Å². The molecule has 27 heavy (non-hydrogen) atoms. The van der Waals surface area contributed by atoms with E-state index in [1.54, 1.807) is 43.4 Å². The molecule has 1 aromatic heterocycles. The van der Waals surface area contributed by atoms with E-state index in [9.17, 15) is 5.11 Å². The summed E-state index contributed by atoms with van der Waals surface area (Å²) in [5, 5.41) is 14.9. The molecule has 1 aliphatic carbocycles. The molecule has 2 heteroatoms. The van der Waals surface area contributed by atoms with Gasteiger partial charge in [-0.1, -0.05) is 48.5 Å². The quantitative estimate of drug-likeness (QED) is 0.401. The van der Waals surface area contributed by atoms with Crippen LogP contribution in [0.2, 0.25) is 0 Å². The fourth-order valence-electron chi connectivity index (χ4n) is 3.97. The maximum Gasteiger partial charge on any atom is 0.134 e. The van der Waals surface area contributed by atoms with E-state index in [4.69, 9.17) is 4.42 Å². The van der Waals surface area contributed by atoms with Crippen molar-refractivity contribution < 1.29 is 9.52 Å². The highest BCUT2D eigenvalue weighted by atomic mass is 16.4. The van der Waals surface area contributed by atoms with Crippen LogP contribution in [-0.4, -0.2) is 5.11 Å². The van der Waals surface area contributed by atoms with Gasteiger partial charge in [0.15, 0.2) is 0 Å². The van der Waals surface area contributed by atoms with Crippen LogP contribution in [0.5, 0.6) is 0 Å². The minimum Gasteiger partial charge on any atom is -0.466 e. The van der Waals surface area contributed by atoms with E-state index in [0.29, 0.717) is 5.76 Å². The Morgan fingerprint density at radius 1 is 0.778 bits per heavy atom. The Morgan fingerprint density at radius 3 is 2.30 bits per heavy atom. The zero-order valence-corrected chi connectivity index (χ0v) is 16.0. The number of aliphatic hydroxyl groups is 1. The van der Waals surface area contributed by atoms with Crippen molar-refractivity contribution in [2.45, 2.75) is 45.1 Å². The van der Waals surface area contributed by atoms with Crippen LogP contribution in [-0.2, 0) is 18.4 Å². The van der Waals surface area contributed by atoms with Gasteiger partial charge in [-0.15, -0.1) is 0 Å². The lowest BCUT2D eigenvalue weighted by atomic mass is 9.86. The average Bonchev–Trinajstić information content (AvgIpc) is 3.23. The molecular formula is C25H26O2. The van der Waals surface area contributed by atoms with Crippen molar-refractivity contribution in [2.24, 2.45) is 0 Å². The molecule has 1 aliphatic rings. The molecule has 0 amide bonds. The summed E-state index contributed by atoms with van der Waals surface area (Å²) in [5.74, 6) is 0.600. The molecule has 0 aliphatic heterocycles. The summed E-state index contributed by atoms with van der Waals surface area (Å²) in [4.78, 5) is 0. The molecule has 0 saturated carbocycles. The second-order valence-electron chi connectivity index (χ2n) is 7.83. The lowest BCUT2D eigenvalue weighted by Crippen LogP contribution is -2.13. The Morgan fingerprint density at radius 2 is 1.56 bits per heavy atom. The molecule has 0 spiro atoms. The molecule has 0 bridgehead atoms. The molecule has 3 aromatic carbocycles. The van der Waals surface area contributed by atoms with E-state index >= 15 is 0 Å².